The first-order valence-electron chi connectivity index (χ1n) is 8.19. The number of nitrogens with zero attached hydrogens (tertiary/aromatic N) is 2. The van der Waals surface area contributed by atoms with Gasteiger partial charge in [-0.1, -0.05) is 35.5 Å². The summed E-state index contributed by atoms with van der Waals surface area (Å²) in [4.78, 5) is 26.3. The van der Waals surface area contributed by atoms with E-state index in [0.717, 1.165) is 10.5 Å². The van der Waals surface area contributed by atoms with Crippen LogP contribution in [0.1, 0.15) is 24.1 Å². The number of hydrogen-bond donors (Lipinski definition) is 1. The van der Waals surface area contributed by atoms with E-state index in [1.54, 1.807) is 32.0 Å². The van der Waals surface area contributed by atoms with Gasteiger partial charge in [0, 0.05) is 11.6 Å². The van der Waals surface area contributed by atoms with Crippen LogP contribution in [0.5, 0.6) is 0 Å². The number of rotatable bonds is 4. The maximum Gasteiger partial charge on any atom is 0.325 e. The smallest absolute Gasteiger partial charge is 0.325 e. The van der Waals surface area contributed by atoms with Crippen molar-refractivity contribution in [2.75, 3.05) is 0 Å². The number of carbonyl (C=O) groups excluding carboxylic acids is 2. The number of aryl methyl sites for hydroxylation is 1. The number of urea groups is 1. The second kappa shape index (κ2) is 5.87. The molecule has 1 aliphatic heterocycles. The Balaban J connectivity index is 1.57. The minimum Gasteiger partial charge on any atom is -0.463 e. The summed E-state index contributed by atoms with van der Waals surface area (Å²) in [6.45, 7) is 3.44. The maximum absolute atomic E-state index is 12.9. The Labute approximate surface area is 149 Å². The molecule has 1 fully saturated rings. The van der Waals surface area contributed by atoms with Crippen molar-refractivity contribution in [1.82, 2.24) is 15.4 Å². The molecule has 1 aromatic carbocycles. The molecule has 3 heterocycles. The van der Waals surface area contributed by atoms with Crippen LogP contribution in [-0.4, -0.2) is 22.0 Å². The van der Waals surface area contributed by atoms with E-state index in [-0.39, 0.29) is 12.5 Å². The van der Waals surface area contributed by atoms with Gasteiger partial charge in [-0.25, -0.2) is 4.79 Å². The lowest BCUT2D eigenvalue weighted by Gasteiger charge is -2.18. The molecule has 0 unspecified atom stereocenters. The Kier molecular flexibility index (Phi) is 3.64. The van der Waals surface area contributed by atoms with Crippen LogP contribution in [0.15, 0.2) is 57.5 Å². The summed E-state index contributed by atoms with van der Waals surface area (Å²) >= 11 is 0. The third kappa shape index (κ3) is 2.57. The van der Waals surface area contributed by atoms with Crippen molar-refractivity contribution in [3.8, 4) is 11.3 Å². The maximum atomic E-state index is 12.9. The number of furan rings is 1. The molecule has 1 atom stereocenters. The summed E-state index contributed by atoms with van der Waals surface area (Å²) in [5, 5.41) is 6.68. The van der Waals surface area contributed by atoms with E-state index in [1.165, 1.54) is 0 Å². The topological polar surface area (TPSA) is 88.6 Å². The molecular formula is C19H17N3O4. The number of hydrogen-bond acceptors (Lipinski definition) is 5. The highest BCUT2D eigenvalue weighted by Gasteiger charge is 2.51. The van der Waals surface area contributed by atoms with Crippen LogP contribution in [0.2, 0.25) is 0 Å². The molecule has 0 radical (unpaired) electrons. The van der Waals surface area contributed by atoms with E-state index in [1.807, 2.05) is 30.3 Å². The van der Waals surface area contributed by atoms with Crippen molar-refractivity contribution in [3.05, 3.63) is 65.7 Å². The third-order valence-electron chi connectivity index (χ3n) is 4.45. The number of imide groups is 1. The molecule has 132 valence electrons. The zero-order chi connectivity index (χ0) is 18.3. The van der Waals surface area contributed by atoms with Gasteiger partial charge in [-0.3, -0.25) is 9.69 Å². The molecule has 3 amide bonds. The zero-order valence-corrected chi connectivity index (χ0v) is 14.4. The minimum absolute atomic E-state index is 0.0241. The molecular weight excluding hydrogens is 334 g/mol. The first-order valence-corrected chi connectivity index (χ1v) is 8.19. The van der Waals surface area contributed by atoms with Gasteiger partial charge in [-0.15, -0.1) is 0 Å². The van der Waals surface area contributed by atoms with Gasteiger partial charge < -0.3 is 14.3 Å². The number of carbonyl (C=O) groups is 2. The molecule has 0 bridgehead atoms. The number of amides is 3. The van der Waals surface area contributed by atoms with Crippen LogP contribution < -0.4 is 5.32 Å². The quantitative estimate of drug-likeness (QED) is 0.729. The Hall–Kier alpha value is -3.35. The summed E-state index contributed by atoms with van der Waals surface area (Å²) in [6.07, 6.45) is 0. The average molecular weight is 351 g/mol. The summed E-state index contributed by atoms with van der Waals surface area (Å²) < 4.78 is 10.9. The molecule has 1 N–H and O–H groups in total. The highest BCUT2D eigenvalue weighted by atomic mass is 16.5. The lowest BCUT2D eigenvalue weighted by atomic mass is 9.99. The Morgan fingerprint density at radius 2 is 1.92 bits per heavy atom. The van der Waals surface area contributed by atoms with Crippen LogP contribution in [-0.2, 0) is 16.9 Å². The molecule has 26 heavy (non-hydrogen) atoms. The van der Waals surface area contributed by atoms with Crippen LogP contribution >= 0.6 is 0 Å². The van der Waals surface area contributed by atoms with E-state index >= 15 is 0 Å². The largest absolute Gasteiger partial charge is 0.463 e. The number of benzene rings is 1. The average Bonchev–Trinajstić information content (AvgIpc) is 3.33. The lowest BCUT2D eigenvalue weighted by molar-refractivity contribution is -0.132. The minimum atomic E-state index is -1.22. The molecule has 7 heteroatoms. The van der Waals surface area contributed by atoms with Crippen LogP contribution in [0, 0.1) is 6.92 Å². The Morgan fingerprint density at radius 3 is 2.62 bits per heavy atom. The summed E-state index contributed by atoms with van der Waals surface area (Å²) in [7, 11) is 0. The van der Waals surface area contributed by atoms with Crippen LogP contribution in [0.3, 0.4) is 0 Å². The first-order chi connectivity index (χ1) is 12.5. The predicted octanol–water partition coefficient (Wildman–Crippen LogP) is 3.21. The van der Waals surface area contributed by atoms with Crippen LogP contribution in [0.4, 0.5) is 4.79 Å². The second-order valence-electron chi connectivity index (χ2n) is 6.41. The first kappa shape index (κ1) is 16.1. The van der Waals surface area contributed by atoms with Crippen molar-refractivity contribution in [2.45, 2.75) is 25.9 Å². The Morgan fingerprint density at radius 1 is 1.15 bits per heavy atom. The summed E-state index contributed by atoms with van der Waals surface area (Å²) in [5.74, 6) is 1.27. The SMILES string of the molecule is Cc1ccc([C@]2(C)NC(=O)N(Cc3cc(-c4ccccc4)on3)C2=O)o1. The van der Waals surface area contributed by atoms with Gasteiger partial charge in [0.15, 0.2) is 11.3 Å². The second-order valence-corrected chi connectivity index (χ2v) is 6.41. The van der Waals surface area contributed by atoms with Crippen LogP contribution in [0.25, 0.3) is 11.3 Å². The van der Waals surface area contributed by atoms with Gasteiger partial charge in [0.1, 0.15) is 17.2 Å². The van der Waals surface area contributed by atoms with Crippen molar-refractivity contribution in [2.24, 2.45) is 0 Å². The molecule has 0 aliphatic carbocycles. The van der Waals surface area contributed by atoms with E-state index in [4.69, 9.17) is 8.94 Å². The molecule has 0 spiro atoms. The van der Waals surface area contributed by atoms with Crippen molar-refractivity contribution < 1.29 is 18.5 Å². The number of nitrogens with one attached hydrogen (secondary N) is 1. The zero-order valence-electron chi connectivity index (χ0n) is 14.4. The van der Waals surface area contributed by atoms with E-state index in [9.17, 15) is 9.59 Å². The molecule has 2 aromatic heterocycles. The van der Waals surface area contributed by atoms with Crippen molar-refractivity contribution in [1.29, 1.82) is 0 Å². The van der Waals surface area contributed by atoms with Gasteiger partial charge in [-0.05, 0) is 26.0 Å². The van der Waals surface area contributed by atoms with Gasteiger partial charge in [0.2, 0.25) is 0 Å². The number of aromatic nitrogens is 1. The Bertz CT molecular complexity index is 976. The fraction of sp³-hybridized carbons (Fsp3) is 0.211. The van der Waals surface area contributed by atoms with E-state index in [2.05, 4.69) is 10.5 Å². The molecule has 4 rings (SSSR count). The highest BCUT2D eigenvalue weighted by Crippen LogP contribution is 2.31. The normalized spacial score (nSPS) is 19.8. The summed E-state index contributed by atoms with van der Waals surface area (Å²) in [5.41, 5.74) is 0.142. The van der Waals surface area contributed by atoms with Gasteiger partial charge in [0.05, 0.1) is 6.54 Å². The molecule has 0 saturated carbocycles. The fourth-order valence-corrected chi connectivity index (χ4v) is 3.00. The predicted molar refractivity (Wildman–Crippen MR) is 91.8 cm³/mol. The third-order valence-corrected chi connectivity index (χ3v) is 4.45. The molecule has 1 saturated heterocycles. The lowest BCUT2D eigenvalue weighted by Crippen LogP contribution is -2.40. The monoisotopic (exact) mass is 351 g/mol. The van der Waals surface area contributed by atoms with E-state index in [0.29, 0.717) is 23.0 Å². The van der Waals surface area contributed by atoms with Gasteiger partial charge >= 0.3 is 6.03 Å². The van der Waals surface area contributed by atoms with Crippen molar-refractivity contribution >= 4 is 11.9 Å². The standard InChI is InChI=1S/C19H17N3O4/c1-12-8-9-16(25-12)19(2)17(23)22(18(24)20-19)11-14-10-15(26-21-14)13-6-4-3-5-7-13/h3-10H,11H2,1-2H3,(H,20,24)/t19-/m0/s1. The summed E-state index contributed by atoms with van der Waals surface area (Å²) in [6, 6.07) is 14.2. The highest BCUT2D eigenvalue weighted by molar-refractivity contribution is 6.06. The fourth-order valence-electron chi connectivity index (χ4n) is 3.00. The molecule has 7 nitrogen and oxygen atoms in total. The van der Waals surface area contributed by atoms with E-state index < -0.39 is 11.6 Å². The molecule has 1 aliphatic rings. The molecule has 3 aromatic rings. The van der Waals surface area contributed by atoms with Crippen molar-refractivity contribution in [3.63, 3.8) is 0 Å². The van der Waals surface area contributed by atoms with Gasteiger partial charge in [0.25, 0.3) is 5.91 Å². The van der Waals surface area contributed by atoms with Gasteiger partial charge in [-0.2, -0.15) is 0 Å².